The van der Waals surface area contributed by atoms with Gasteiger partial charge in [-0.2, -0.15) is 0 Å². The van der Waals surface area contributed by atoms with E-state index in [9.17, 15) is 9.59 Å². The van der Waals surface area contributed by atoms with Gasteiger partial charge in [0.2, 0.25) is 5.89 Å². The maximum atomic E-state index is 13.2. The Bertz CT molecular complexity index is 1010. The molecular weight excluding hydrogens is 346 g/mol. The molecule has 136 valence electrons. The number of rotatable bonds is 3. The molecule has 1 aromatic heterocycles. The van der Waals surface area contributed by atoms with Crippen molar-refractivity contribution in [1.82, 2.24) is 4.98 Å². The van der Waals surface area contributed by atoms with Crippen LogP contribution in [-0.4, -0.2) is 29.4 Å². The number of benzene rings is 2. The highest BCUT2D eigenvalue weighted by molar-refractivity contribution is 6.07. The Morgan fingerprint density at radius 1 is 1.11 bits per heavy atom. The standard InChI is InChI=1S/C20H17N3O4/c1-12-17(22-19(26-12)13-7-3-2-4-8-13)20(25)23-11-16(18(21)24)27-15-10-6-5-9-14(15)23/h2-10,16H,11H2,1H3,(H2,21,24)/t16-/m1/s1. The van der Waals surface area contributed by atoms with Crippen LogP contribution in [0.25, 0.3) is 11.5 Å². The van der Waals surface area contributed by atoms with Gasteiger partial charge in [0.15, 0.2) is 11.8 Å². The molecule has 2 aromatic carbocycles. The minimum Gasteiger partial charge on any atom is -0.477 e. The number of nitrogens with two attached hydrogens (primary N) is 1. The molecule has 0 aliphatic carbocycles. The number of hydrogen-bond donors (Lipinski definition) is 1. The first-order chi connectivity index (χ1) is 13.0. The molecule has 7 nitrogen and oxygen atoms in total. The van der Waals surface area contributed by atoms with Gasteiger partial charge in [0.1, 0.15) is 11.5 Å². The lowest BCUT2D eigenvalue weighted by Crippen LogP contribution is -2.49. The second-order valence-electron chi connectivity index (χ2n) is 6.18. The third-order valence-corrected chi connectivity index (χ3v) is 4.36. The van der Waals surface area contributed by atoms with Gasteiger partial charge in [-0.25, -0.2) is 4.98 Å². The smallest absolute Gasteiger partial charge is 0.280 e. The number of para-hydroxylation sites is 2. The molecule has 0 fully saturated rings. The summed E-state index contributed by atoms with van der Waals surface area (Å²) in [6.07, 6.45) is -0.926. The van der Waals surface area contributed by atoms with Gasteiger partial charge in [-0.05, 0) is 31.2 Å². The summed E-state index contributed by atoms with van der Waals surface area (Å²) in [5.74, 6) is 0.179. The Morgan fingerprint density at radius 3 is 2.56 bits per heavy atom. The van der Waals surface area contributed by atoms with E-state index < -0.39 is 12.0 Å². The topological polar surface area (TPSA) is 98.7 Å². The number of nitrogens with zero attached hydrogens (tertiary/aromatic N) is 2. The summed E-state index contributed by atoms with van der Waals surface area (Å²) in [6.45, 7) is 1.70. The second kappa shape index (κ2) is 6.60. The summed E-state index contributed by atoms with van der Waals surface area (Å²) in [5, 5.41) is 0. The van der Waals surface area contributed by atoms with Crippen molar-refractivity contribution >= 4 is 17.5 Å². The molecule has 1 atom stereocenters. The van der Waals surface area contributed by atoms with Gasteiger partial charge >= 0.3 is 0 Å². The van der Waals surface area contributed by atoms with Crippen molar-refractivity contribution in [3.05, 3.63) is 66.1 Å². The molecule has 0 unspecified atom stereocenters. The van der Waals surface area contributed by atoms with E-state index in [4.69, 9.17) is 14.9 Å². The van der Waals surface area contributed by atoms with Crippen LogP contribution in [-0.2, 0) is 4.79 Å². The van der Waals surface area contributed by atoms with Crippen LogP contribution in [0.15, 0.2) is 59.0 Å². The maximum Gasteiger partial charge on any atom is 0.280 e. The first-order valence-electron chi connectivity index (χ1n) is 8.44. The zero-order chi connectivity index (χ0) is 19.0. The lowest BCUT2D eigenvalue weighted by molar-refractivity contribution is -0.124. The van der Waals surface area contributed by atoms with Gasteiger partial charge in [0.05, 0.1) is 12.2 Å². The molecule has 1 aliphatic rings. The first kappa shape index (κ1) is 16.8. The van der Waals surface area contributed by atoms with Crippen molar-refractivity contribution in [1.29, 1.82) is 0 Å². The van der Waals surface area contributed by atoms with E-state index in [1.807, 2.05) is 30.3 Å². The average molecular weight is 363 g/mol. The van der Waals surface area contributed by atoms with E-state index in [1.165, 1.54) is 4.90 Å². The van der Waals surface area contributed by atoms with Crippen molar-refractivity contribution in [2.75, 3.05) is 11.4 Å². The summed E-state index contributed by atoms with van der Waals surface area (Å²) in [5.41, 5.74) is 6.92. The summed E-state index contributed by atoms with van der Waals surface area (Å²) in [7, 11) is 0. The molecule has 3 aromatic rings. The van der Waals surface area contributed by atoms with Crippen molar-refractivity contribution < 1.29 is 18.7 Å². The van der Waals surface area contributed by atoms with Crippen LogP contribution in [0.3, 0.4) is 0 Å². The molecule has 0 saturated heterocycles. The molecule has 4 rings (SSSR count). The van der Waals surface area contributed by atoms with Gasteiger partial charge in [0, 0.05) is 5.56 Å². The largest absolute Gasteiger partial charge is 0.477 e. The van der Waals surface area contributed by atoms with Crippen LogP contribution in [0.1, 0.15) is 16.2 Å². The number of hydrogen-bond acceptors (Lipinski definition) is 5. The predicted molar refractivity (Wildman–Crippen MR) is 98.4 cm³/mol. The van der Waals surface area contributed by atoms with Crippen LogP contribution in [0.4, 0.5) is 5.69 Å². The number of aryl methyl sites for hydroxylation is 1. The minimum atomic E-state index is -0.926. The number of fused-ring (bicyclic) bond motifs is 1. The summed E-state index contributed by atoms with van der Waals surface area (Å²) in [6, 6.07) is 16.3. The van der Waals surface area contributed by atoms with E-state index >= 15 is 0 Å². The quantitative estimate of drug-likeness (QED) is 0.771. The lowest BCUT2D eigenvalue weighted by Gasteiger charge is -2.33. The molecule has 0 bridgehead atoms. The number of aromatic nitrogens is 1. The highest BCUT2D eigenvalue weighted by atomic mass is 16.5. The summed E-state index contributed by atoms with van der Waals surface area (Å²) >= 11 is 0. The van der Waals surface area contributed by atoms with Crippen LogP contribution >= 0.6 is 0 Å². The Morgan fingerprint density at radius 2 is 1.81 bits per heavy atom. The fourth-order valence-corrected chi connectivity index (χ4v) is 3.00. The number of carbonyl (C=O) groups is 2. The number of ether oxygens (including phenoxy) is 1. The molecule has 2 heterocycles. The maximum absolute atomic E-state index is 13.2. The minimum absolute atomic E-state index is 0.0121. The van der Waals surface area contributed by atoms with Crippen LogP contribution < -0.4 is 15.4 Å². The van der Waals surface area contributed by atoms with Crippen LogP contribution in [0.5, 0.6) is 5.75 Å². The van der Waals surface area contributed by atoms with Gasteiger partial charge in [0.25, 0.3) is 11.8 Å². The van der Waals surface area contributed by atoms with Crippen molar-refractivity contribution in [3.8, 4) is 17.2 Å². The molecular formula is C20H17N3O4. The number of primary amides is 1. The molecule has 1 aliphatic heterocycles. The SMILES string of the molecule is Cc1oc(-c2ccccc2)nc1C(=O)N1C[C@H](C(N)=O)Oc2ccccc21. The molecule has 2 N–H and O–H groups in total. The molecule has 7 heteroatoms. The lowest BCUT2D eigenvalue weighted by atomic mass is 10.1. The summed E-state index contributed by atoms with van der Waals surface area (Å²) < 4.78 is 11.3. The average Bonchev–Trinajstić information content (AvgIpc) is 3.09. The predicted octanol–water partition coefficient (Wildman–Crippen LogP) is 2.54. The Labute approximate surface area is 155 Å². The number of anilines is 1. The Hall–Kier alpha value is -3.61. The summed E-state index contributed by atoms with van der Waals surface area (Å²) in [4.78, 5) is 30.7. The zero-order valence-corrected chi connectivity index (χ0v) is 14.6. The third-order valence-electron chi connectivity index (χ3n) is 4.36. The number of oxazole rings is 1. The van der Waals surface area contributed by atoms with Crippen molar-refractivity contribution in [3.63, 3.8) is 0 Å². The Balaban J connectivity index is 1.72. The highest BCUT2D eigenvalue weighted by Gasteiger charge is 2.35. The zero-order valence-electron chi connectivity index (χ0n) is 14.6. The van der Waals surface area contributed by atoms with Crippen LogP contribution in [0, 0.1) is 6.92 Å². The molecule has 2 amide bonds. The normalized spacial score (nSPS) is 15.7. The molecule has 0 saturated carbocycles. The van der Waals surface area contributed by atoms with E-state index in [2.05, 4.69) is 4.98 Å². The van der Waals surface area contributed by atoms with Crippen molar-refractivity contribution in [2.24, 2.45) is 5.73 Å². The van der Waals surface area contributed by atoms with Crippen molar-refractivity contribution in [2.45, 2.75) is 13.0 Å². The monoisotopic (exact) mass is 363 g/mol. The number of amides is 2. The number of carbonyl (C=O) groups excluding carboxylic acids is 2. The Kier molecular flexibility index (Phi) is 4.12. The van der Waals surface area contributed by atoms with E-state index in [0.717, 1.165) is 5.56 Å². The molecule has 0 radical (unpaired) electrons. The van der Waals surface area contributed by atoms with Gasteiger partial charge in [-0.15, -0.1) is 0 Å². The fraction of sp³-hybridized carbons (Fsp3) is 0.150. The molecule has 27 heavy (non-hydrogen) atoms. The first-order valence-corrected chi connectivity index (χ1v) is 8.44. The van der Waals surface area contributed by atoms with Gasteiger partial charge in [-0.3, -0.25) is 14.5 Å². The van der Waals surface area contributed by atoms with E-state index in [-0.39, 0.29) is 18.1 Å². The van der Waals surface area contributed by atoms with Gasteiger partial charge in [-0.1, -0.05) is 30.3 Å². The van der Waals surface area contributed by atoms with E-state index in [1.54, 1.807) is 31.2 Å². The van der Waals surface area contributed by atoms with Gasteiger partial charge < -0.3 is 14.9 Å². The van der Waals surface area contributed by atoms with E-state index in [0.29, 0.717) is 23.1 Å². The third kappa shape index (κ3) is 3.03. The second-order valence-corrected chi connectivity index (χ2v) is 6.18. The highest BCUT2D eigenvalue weighted by Crippen LogP contribution is 2.34. The van der Waals surface area contributed by atoms with Crippen LogP contribution in [0.2, 0.25) is 0 Å². The molecule has 0 spiro atoms. The fourth-order valence-electron chi connectivity index (χ4n) is 3.00.